The summed E-state index contributed by atoms with van der Waals surface area (Å²) in [5.41, 5.74) is 1.32. The maximum atomic E-state index is 6.62. The third kappa shape index (κ3) is 3.97. The van der Waals surface area contributed by atoms with Gasteiger partial charge in [0.05, 0.1) is 18.8 Å². The van der Waals surface area contributed by atoms with Gasteiger partial charge in [0.15, 0.2) is 0 Å². The first-order valence-electron chi connectivity index (χ1n) is 9.07. The molecule has 2 unspecified atom stereocenters. The molecule has 2 heterocycles. The van der Waals surface area contributed by atoms with Crippen molar-refractivity contribution in [3.8, 4) is 12.3 Å². The fourth-order valence-electron chi connectivity index (χ4n) is 4.30. The SMILES string of the molecule is C#CCN1[C@@H]2CC[C@H]1CC(OC(CC(C)C)c1ccccc1)C2. The summed E-state index contributed by atoms with van der Waals surface area (Å²) < 4.78 is 6.62. The van der Waals surface area contributed by atoms with Crippen molar-refractivity contribution in [3.63, 3.8) is 0 Å². The lowest BCUT2D eigenvalue weighted by Gasteiger charge is -2.39. The lowest BCUT2D eigenvalue weighted by Crippen LogP contribution is -2.45. The van der Waals surface area contributed by atoms with E-state index in [0.717, 1.165) is 25.8 Å². The standard InChI is InChI=1S/C21H29NO/c1-4-12-22-18-10-11-19(22)15-20(14-18)23-21(13-16(2)3)17-8-6-5-7-9-17/h1,5-9,16,18-21H,10-15H2,2-3H3/t18-,19+,20?,21?. The van der Waals surface area contributed by atoms with Crippen LogP contribution in [-0.4, -0.2) is 29.6 Å². The lowest BCUT2D eigenvalue weighted by atomic mass is 9.96. The highest BCUT2D eigenvalue weighted by molar-refractivity contribution is 5.18. The van der Waals surface area contributed by atoms with E-state index in [1.165, 1.54) is 18.4 Å². The molecule has 0 radical (unpaired) electrons. The predicted octanol–water partition coefficient (Wildman–Crippen LogP) is 4.42. The highest BCUT2D eigenvalue weighted by Crippen LogP contribution is 2.39. The van der Waals surface area contributed by atoms with Gasteiger partial charge in [-0.15, -0.1) is 6.42 Å². The second-order valence-electron chi connectivity index (χ2n) is 7.52. The fraction of sp³-hybridized carbons (Fsp3) is 0.619. The summed E-state index contributed by atoms with van der Waals surface area (Å²) in [5.74, 6) is 3.47. The summed E-state index contributed by atoms with van der Waals surface area (Å²) in [6, 6.07) is 12.0. The van der Waals surface area contributed by atoms with E-state index < -0.39 is 0 Å². The minimum absolute atomic E-state index is 0.222. The molecule has 1 aromatic carbocycles. The fourth-order valence-corrected chi connectivity index (χ4v) is 4.30. The summed E-state index contributed by atoms with van der Waals surface area (Å²) in [7, 11) is 0. The van der Waals surface area contributed by atoms with Gasteiger partial charge in [-0.05, 0) is 43.6 Å². The van der Waals surface area contributed by atoms with Gasteiger partial charge in [0, 0.05) is 12.1 Å². The van der Waals surface area contributed by atoms with Crippen LogP contribution in [0.15, 0.2) is 30.3 Å². The van der Waals surface area contributed by atoms with Crippen molar-refractivity contribution < 1.29 is 4.74 Å². The number of ether oxygens (including phenoxy) is 1. The van der Waals surface area contributed by atoms with Gasteiger partial charge in [0.1, 0.15) is 0 Å². The van der Waals surface area contributed by atoms with E-state index in [4.69, 9.17) is 11.2 Å². The van der Waals surface area contributed by atoms with Crippen molar-refractivity contribution in [3.05, 3.63) is 35.9 Å². The Kier molecular flexibility index (Phi) is 5.41. The minimum atomic E-state index is 0.222. The number of hydrogen-bond acceptors (Lipinski definition) is 2. The van der Waals surface area contributed by atoms with E-state index >= 15 is 0 Å². The van der Waals surface area contributed by atoms with E-state index in [1.807, 2.05) is 0 Å². The molecule has 23 heavy (non-hydrogen) atoms. The van der Waals surface area contributed by atoms with Gasteiger partial charge in [-0.2, -0.15) is 0 Å². The zero-order valence-electron chi connectivity index (χ0n) is 14.4. The maximum Gasteiger partial charge on any atom is 0.0831 e. The third-order valence-electron chi connectivity index (χ3n) is 5.33. The van der Waals surface area contributed by atoms with Crippen LogP contribution in [0.25, 0.3) is 0 Å². The van der Waals surface area contributed by atoms with E-state index in [2.05, 4.69) is 55.0 Å². The molecular weight excluding hydrogens is 282 g/mol. The number of benzene rings is 1. The first-order valence-corrected chi connectivity index (χ1v) is 9.07. The first-order chi connectivity index (χ1) is 11.2. The van der Waals surface area contributed by atoms with Crippen molar-refractivity contribution >= 4 is 0 Å². The van der Waals surface area contributed by atoms with Crippen LogP contribution in [-0.2, 0) is 4.74 Å². The van der Waals surface area contributed by atoms with Crippen molar-refractivity contribution in [1.82, 2.24) is 4.90 Å². The Morgan fingerprint density at radius 1 is 1.17 bits per heavy atom. The second kappa shape index (κ2) is 7.51. The average molecular weight is 311 g/mol. The second-order valence-corrected chi connectivity index (χ2v) is 7.52. The van der Waals surface area contributed by atoms with Crippen molar-refractivity contribution in [2.75, 3.05) is 6.54 Å². The van der Waals surface area contributed by atoms with Crippen LogP contribution in [0.2, 0.25) is 0 Å². The molecule has 0 amide bonds. The third-order valence-corrected chi connectivity index (χ3v) is 5.33. The quantitative estimate of drug-likeness (QED) is 0.721. The van der Waals surface area contributed by atoms with Crippen LogP contribution in [0.4, 0.5) is 0 Å². The van der Waals surface area contributed by atoms with Crippen LogP contribution in [0.3, 0.4) is 0 Å². The molecule has 2 aliphatic rings. The Morgan fingerprint density at radius 3 is 2.39 bits per heavy atom. The molecule has 124 valence electrons. The van der Waals surface area contributed by atoms with E-state index in [0.29, 0.717) is 24.1 Å². The highest BCUT2D eigenvalue weighted by atomic mass is 16.5. The molecule has 0 N–H and O–H groups in total. The molecule has 3 rings (SSSR count). The van der Waals surface area contributed by atoms with Gasteiger partial charge in [-0.1, -0.05) is 50.1 Å². The van der Waals surface area contributed by atoms with Gasteiger partial charge < -0.3 is 4.74 Å². The predicted molar refractivity (Wildman–Crippen MR) is 95.1 cm³/mol. The van der Waals surface area contributed by atoms with Gasteiger partial charge in [0.25, 0.3) is 0 Å². The number of fused-ring (bicyclic) bond motifs is 2. The van der Waals surface area contributed by atoms with Crippen molar-refractivity contribution in [2.24, 2.45) is 5.92 Å². The molecule has 2 aliphatic heterocycles. The molecule has 0 spiro atoms. The van der Waals surface area contributed by atoms with Crippen molar-refractivity contribution in [2.45, 2.75) is 70.2 Å². The Morgan fingerprint density at radius 2 is 1.83 bits per heavy atom. The molecule has 2 bridgehead atoms. The van der Waals surface area contributed by atoms with E-state index in [-0.39, 0.29) is 6.10 Å². The Labute approximate surface area is 141 Å². The van der Waals surface area contributed by atoms with E-state index in [1.54, 1.807) is 0 Å². The number of nitrogens with zero attached hydrogens (tertiary/aromatic N) is 1. The molecular formula is C21H29NO. The zero-order valence-corrected chi connectivity index (χ0v) is 14.4. The Hall–Kier alpha value is -1.30. The molecule has 2 heteroatoms. The maximum absolute atomic E-state index is 6.62. The van der Waals surface area contributed by atoms with Gasteiger partial charge in [-0.3, -0.25) is 4.90 Å². The van der Waals surface area contributed by atoms with Gasteiger partial charge >= 0.3 is 0 Å². The zero-order chi connectivity index (χ0) is 16.2. The molecule has 0 saturated carbocycles. The number of piperidine rings is 1. The van der Waals surface area contributed by atoms with Crippen LogP contribution < -0.4 is 0 Å². The Balaban J connectivity index is 1.66. The van der Waals surface area contributed by atoms with Crippen LogP contribution in [0.1, 0.15) is 57.6 Å². The molecule has 2 saturated heterocycles. The summed E-state index contributed by atoms with van der Waals surface area (Å²) in [6.45, 7) is 5.35. The number of hydrogen-bond donors (Lipinski definition) is 0. The topological polar surface area (TPSA) is 12.5 Å². The molecule has 2 nitrogen and oxygen atoms in total. The molecule has 0 aromatic heterocycles. The smallest absolute Gasteiger partial charge is 0.0831 e. The van der Waals surface area contributed by atoms with Gasteiger partial charge in [-0.25, -0.2) is 0 Å². The van der Waals surface area contributed by atoms with Crippen LogP contribution in [0, 0.1) is 18.3 Å². The highest BCUT2D eigenvalue weighted by Gasteiger charge is 2.41. The number of terminal acetylenes is 1. The summed E-state index contributed by atoms with van der Waals surface area (Å²) in [4.78, 5) is 2.53. The first kappa shape index (κ1) is 16.6. The Bertz CT molecular complexity index is 519. The number of rotatable bonds is 6. The monoisotopic (exact) mass is 311 g/mol. The van der Waals surface area contributed by atoms with Crippen molar-refractivity contribution in [1.29, 1.82) is 0 Å². The average Bonchev–Trinajstić information content (AvgIpc) is 2.78. The van der Waals surface area contributed by atoms with Crippen LogP contribution in [0.5, 0.6) is 0 Å². The molecule has 2 fully saturated rings. The largest absolute Gasteiger partial charge is 0.370 e. The van der Waals surface area contributed by atoms with Crippen LogP contribution >= 0.6 is 0 Å². The molecule has 1 aromatic rings. The normalized spacial score (nSPS) is 28.7. The minimum Gasteiger partial charge on any atom is -0.370 e. The molecule has 0 aliphatic carbocycles. The van der Waals surface area contributed by atoms with Gasteiger partial charge in [0.2, 0.25) is 0 Å². The van der Waals surface area contributed by atoms with E-state index in [9.17, 15) is 0 Å². The summed E-state index contributed by atoms with van der Waals surface area (Å²) in [5, 5.41) is 0. The lowest BCUT2D eigenvalue weighted by molar-refractivity contribution is -0.0667. The summed E-state index contributed by atoms with van der Waals surface area (Å²) in [6.07, 6.45) is 12.1. The summed E-state index contributed by atoms with van der Waals surface area (Å²) >= 11 is 0. The molecule has 4 atom stereocenters.